The van der Waals surface area contributed by atoms with Crippen molar-refractivity contribution >= 4 is 65.7 Å². The normalized spacial score (nSPS) is 17.4. The molecule has 0 spiro atoms. The van der Waals surface area contributed by atoms with Crippen molar-refractivity contribution in [2.24, 2.45) is 0 Å². The molecule has 11 aromatic rings. The van der Waals surface area contributed by atoms with E-state index in [-0.39, 0.29) is 18.5 Å². The minimum Gasteiger partial charge on any atom is -0.456 e. The summed E-state index contributed by atoms with van der Waals surface area (Å²) < 4.78 is 15.5. The van der Waals surface area contributed by atoms with Crippen LogP contribution in [0.4, 0.5) is 0 Å². The Morgan fingerprint density at radius 3 is 1.61 bits per heavy atom. The molecule has 6 nitrogen and oxygen atoms in total. The minimum atomic E-state index is -0.110. The molecule has 8 aromatic carbocycles. The van der Waals surface area contributed by atoms with Gasteiger partial charge in [0.05, 0.1) is 40.6 Å². The fourth-order valence-corrected chi connectivity index (χ4v) is 9.02. The SMILES string of the molecule is c1ccc(C2NC(c3ccccc3)NC(c3ccc4c(c3)oc3ccc(-c5ccc6c(c5)oc5cccc(-n7c8ccccc8c8ccccc87)c56)cc34)N2)cc1. The van der Waals surface area contributed by atoms with Crippen molar-refractivity contribution in [2.75, 3.05) is 0 Å². The van der Waals surface area contributed by atoms with Gasteiger partial charge in [0.25, 0.3) is 0 Å². The summed E-state index contributed by atoms with van der Waals surface area (Å²) >= 11 is 0. The zero-order valence-corrected chi connectivity index (χ0v) is 30.8. The maximum absolute atomic E-state index is 6.61. The third-order valence-electron chi connectivity index (χ3n) is 11.7. The lowest BCUT2D eigenvalue weighted by molar-refractivity contribution is 0.203. The summed E-state index contributed by atoms with van der Waals surface area (Å²) in [7, 11) is 0. The van der Waals surface area contributed by atoms with E-state index in [0.717, 1.165) is 66.3 Å². The molecule has 0 amide bonds. The Bertz CT molecular complexity index is 3210. The summed E-state index contributed by atoms with van der Waals surface area (Å²) in [5.41, 5.74) is 12.6. The topological polar surface area (TPSA) is 67.3 Å². The van der Waals surface area contributed by atoms with Crippen LogP contribution in [0.25, 0.3) is 82.5 Å². The van der Waals surface area contributed by atoms with E-state index in [1.165, 1.54) is 32.9 Å². The molecule has 4 heterocycles. The van der Waals surface area contributed by atoms with Crippen LogP contribution in [0.3, 0.4) is 0 Å². The van der Waals surface area contributed by atoms with E-state index in [9.17, 15) is 0 Å². The van der Waals surface area contributed by atoms with E-state index in [2.05, 4.69) is 203 Å². The van der Waals surface area contributed by atoms with Crippen molar-refractivity contribution < 1.29 is 8.83 Å². The maximum Gasteiger partial charge on any atom is 0.137 e. The molecule has 57 heavy (non-hydrogen) atoms. The number of nitrogens with zero attached hydrogens (tertiary/aromatic N) is 1. The summed E-state index contributed by atoms with van der Waals surface area (Å²) in [5.74, 6) is 0. The van der Waals surface area contributed by atoms with Gasteiger partial charge in [0.1, 0.15) is 22.3 Å². The van der Waals surface area contributed by atoms with Gasteiger partial charge in [-0.15, -0.1) is 0 Å². The van der Waals surface area contributed by atoms with Crippen molar-refractivity contribution in [3.8, 4) is 16.8 Å². The number of hydrogen-bond acceptors (Lipinski definition) is 5. The molecule has 1 aliphatic heterocycles. The average molecular weight is 737 g/mol. The van der Waals surface area contributed by atoms with E-state index >= 15 is 0 Å². The molecule has 0 saturated carbocycles. The fraction of sp³-hybridized carbons (Fsp3) is 0.0588. The quantitative estimate of drug-likeness (QED) is 0.164. The van der Waals surface area contributed by atoms with Gasteiger partial charge in [-0.2, -0.15) is 0 Å². The molecule has 3 aromatic heterocycles. The molecule has 272 valence electrons. The second-order valence-electron chi connectivity index (χ2n) is 15.0. The standard InChI is InChI=1S/C51H36N4O2/c1-3-12-31(13-4-1)49-52-50(32-14-5-2-6-15-32)54-51(53-49)35-23-25-38-40-28-33(24-27-44(40)56-46(38)30-35)34-22-26-39-47(29-34)57-45-21-11-20-43(48(39)45)55-41-18-9-7-16-36(41)37-17-8-10-19-42(37)55/h1-30,49-54H. The summed E-state index contributed by atoms with van der Waals surface area (Å²) in [6, 6.07) is 64.4. The first-order valence-electron chi connectivity index (χ1n) is 19.5. The number of hydrogen-bond donors (Lipinski definition) is 3. The zero-order chi connectivity index (χ0) is 37.5. The average Bonchev–Trinajstić information content (AvgIpc) is 3.95. The van der Waals surface area contributed by atoms with Crippen LogP contribution in [0.1, 0.15) is 35.2 Å². The number of rotatable bonds is 5. The van der Waals surface area contributed by atoms with E-state index in [1.54, 1.807) is 0 Å². The lowest BCUT2D eigenvalue weighted by atomic mass is 10.00. The Morgan fingerprint density at radius 2 is 0.912 bits per heavy atom. The molecule has 1 aliphatic rings. The van der Waals surface area contributed by atoms with Gasteiger partial charge in [-0.3, -0.25) is 16.0 Å². The third-order valence-corrected chi connectivity index (χ3v) is 11.7. The van der Waals surface area contributed by atoms with Crippen LogP contribution >= 0.6 is 0 Å². The lowest BCUT2D eigenvalue weighted by Crippen LogP contribution is -2.54. The van der Waals surface area contributed by atoms with Crippen molar-refractivity contribution in [3.05, 3.63) is 199 Å². The number of furan rings is 2. The van der Waals surface area contributed by atoms with E-state index in [0.29, 0.717) is 0 Å². The van der Waals surface area contributed by atoms with Crippen LogP contribution in [0, 0.1) is 0 Å². The van der Waals surface area contributed by atoms with Crippen molar-refractivity contribution in [1.29, 1.82) is 0 Å². The molecule has 0 aliphatic carbocycles. The Labute approximate surface area is 327 Å². The highest BCUT2D eigenvalue weighted by Gasteiger charge is 2.30. The van der Waals surface area contributed by atoms with Crippen LogP contribution in [-0.4, -0.2) is 4.57 Å². The van der Waals surface area contributed by atoms with Gasteiger partial charge in [0, 0.05) is 26.9 Å². The Morgan fingerprint density at radius 1 is 0.351 bits per heavy atom. The van der Waals surface area contributed by atoms with Crippen LogP contribution in [0.5, 0.6) is 0 Å². The van der Waals surface area contributed by atoms with Gasteiger partial charge in [-0.25, -0.2) is 0 Å². The summed E-state index contributed by atoms with van der Waals surface area (Å²) in [6.45, 7) is 0. The third kappa shape index (κ3) is 5.23. The van der Waals surface area contributed by atoms with Gasteiger partial charge in [0.2, 0.25) is 0 Å². The van der Waals surface area contributed by atoms with Crippen LogP contribution < -0.4 is 16.0 Å². The van der Waals surface area contributed by atoms with Crippen molar-refractivity contribution in [2.45, 2.75) is 18.5 Å². The largest absolute Gasteiger partial charge is 0.456 e. The molecule has 0 bridgehead atoms. The van der Waals surface area contributed by atoms with Gasteiger partial charge in [0.15, 0.2) is 0 Å². The molecule has 1 saturated heterocycles. The highest BCUT2D eigenvalue weighted by atomic mass is 16.3. The molecular formula is C51H36N4O2. The van der Waals surface area contributed by atoms with Gasteiger partial charge >= 0.3 is 0 Å². The predicted octanol–water partition coefficient (Wildman–Crippen LogP) is 12.4. The zero-order valence-electron chi connectivity index (χ0n) is 30.8. The molecule has 12 rings (SSSR count). The van der Waals surface area contributed by atoms with Crippen molar-refractivity contribution in [1.82, 2.24) is 20.5 Å². The molecule has 1 fully saturated rings. The van der Waals surface area contributed by atoms with Crippen molar-refractivity contribution in [3.63, 3.8) is 0 Å². The highest BCUT2D eigenvalue weighted by molar-refractivity contribution is 6.15. The van der Waals surface area contributed by atoms with Gasteiger partial charge in [-0.1, -0.05) is 127 Å². The first-order chi connectivity index (χ1) is 28.2. The Kier molecular flexibility index (Phi) is 7.25. The fourth-order valence-electron chi connectivity index (χ4n) is 9.02. The molecule has 2 atom stereocenters. The smallest absolute Gasteiger partial charge is 0.137 e. The summed E-state index contributed by atoms with van der Waals surface area (Å²) in [4.78, 5) is 0. The number of para-hydroxylation sites is 2. The lowest BCUT2D eigenvalue weighted by Gasteiger charge is -2.39. The Balaban J connectivity index is 0.912. The first-order valence-corrected chi connectivity index (χ1v) is 19.5. The van der Waals surface area contributed by atoms with Crippen LogP contribution in [0.15, 0.2) is 191 Å². The van der Waals surface area contributed by atoms with Gasteiger partial charge in [-0.05, 0) is 82.4 Å². The molecular weight excluding hydrogens is 701 g/mol. The highest BCUT2D eigenvalue weighted by Crippen LogP contribution is 2.41. The second-order valence-corrected chi connectivity index (χ2v) is 15.0. The minimum absolute atomic E-state index is 0.0408. The summed E-state index contributed by atoms with van der Waals surface area (Å²) in [6.07, 6.45) is -0.192. The molecule has 3 N–H and O–H groups in total. The Hall–Kier alpha value is -6.96. The summed E-state index contributed by atoms with van der Waals surface area (Å²) in [5, 5.41) is 18.2. The van der Waals surface area contributed by atoms with E-state index in [1.807, 2.05) is 0 Å². The van der Waals surface area contributed by atoms with Gasteiger partial charge < -0.3 is 13.4 Å². The number of aromatic nitrogens is 1. The van der Waals surface area contributed by atoms with E-state index in [4.69, 9.17) is 8.83 Å². The predicted molar refractivity (Wildman–Crippen MR) is 231 cm³/mol. The monoisotopic (exact) mass is 736 g/mol. The second kappa shape index (κ2) is 12.8. The number of fused-ring (bicyclic) bond motifs is 9. The first kappa shape index (κ1) is 32.3. The molecule has 6 heteroatoms. The number of benzene rings is 8. The van der Waals surface area contributed by atoms with E-state index < -0.39 is 0 Å². The molecule has 2 unspecified atom stereocenters. The van der Waals surface area contributed by atoms with Crippen LogP contribution in [0.2, 0.25) is 0 Å². The number of nitrogens with one attached hydrogen (secondary N) is 3. The van der Waals surface area contributed by atoms with Crippen LogP contribution in [-0.2, 0) is 0 Å². The maximum atomic E-state index is 6.61. The molecule has 0 radical (unpaired) electrons.